The van der Waals surface area contributed by atoms with Gasteiger partial charge in [-0.15, -0.1) is 0 Å². The number of halogens is 2. The molecule has 6 rings (SSSR count). The summed E-state index contributed by atoms with van der Waals surface area (Å²) < 4.78 is 27.9. The molecule has 1 N–H and O–H groups in total. The number of carbonyl (C=O) groups excluding carboxylic acids is 1. The van der Waals surface area contributed by atoms with Gasteiger partial charge in [-0.05, 0) is 49.9 Å². The van der Waals surface area contributed by atoms with Gasteiger partial charge in [0, 0.05) is 87.6 Å². The Balaban J connectivity index is 1.20. The third-order valence-electron chi connectivity index (χ3n) is 8.25. The number of rotatable bonds is 7. The third-order valence-corrected chi connectivity index (χ3v) is 8.25. The maximum absolute atomic E-state index is 13.9. The van der Waals surface area contributed by atoms with Crippen molar-refractivity contribution in [3.05, 3.63) is 53.9 Å². The Labute approximate surface area is 227 Å². The largest absolute Gasteiger partial charge is 0.357 e. The Hall–Kier alpha value is -3.40. The summed E-state index contributed by atoms with van der Waals surface area (Å²) in [5.74, 6) is -1.22. The highest BCUT2D eigenvalue weighted by molar-refractivity contribution is 6.06. The number of anilines is 2. The zero-order chi connectivity index (χ0) is 26.8. The van der Waals surface area contributed by atoms with Gasteiger partial charge >= 0.3 is 0 Å². The minimum Gasteiger partial charge on any atom is -0.357 e. The standard InChI is InChI=1S/C29H35F2N7O/c30-29(31)10-16-36(17-11-29)25(21-18-33-28(34-19-21)38-14-3-4-15-38)20-32-27(39)23-6-5-7-24-22(23)8-9-26(35-24)37-12-1-2-13-37/h5-9,18-19,25H,1-4,10-17,20H2,(H,32,39). The van der Waals surface area contributed by atoms with Crippen LogP contribution in [-0.2, 0) is 0 Å². The van der Waals surface area contributed by atoms with Gasteiger partial charge < -0.3 is 15.1 Å². The first-order valence-electron chi connectivity index (χ1n) is 14.1. The number of likely N-dealkylation sites (tertiary alicyclic amines) is 1. The molecule has 0 spiro atoms. The maximum atomic E-state index is 13.9. The molecule has 3 aliphatic heterocycles. The van der Waals surface area contributed by atoms with Gasteiger partial charge in [-0.1, -0.05) is 6.07 Å². The van der Waals surface area contributed by atoms with Crippen LogP contribution < -0.4 is 15.1 Å². The van der Waals surface area contributed by atoms with E-state index in [9.17, 15) is 13.6 Å². The summed E-state index contributed by atoms with van der Waals surface area (Å²) in [6.07, 6.45) is 7.78. The summed E-state index contributed by atoms with van der Waals surface area (Å²) in [5.41, 5.74) is 2.16. The monoisotopic (exact) mass is 535 g/mol. The third kappa shape index (κ3) is 5.66. The minimum atomic E-state index is -2.65. The maximum Gasteiger partial charge on any atom is 0.252 e. The van der Waals surface area contributed by atoms with Crippen LogP contribution in [0.5, 0.6) is 0 Å². The van der Waals surface area contributed by atoms with Crippen LogP contribution in [0.2, 0.25) is 0 Å². The van der Waals surface area contributed by atoms with E-state index in [1.54, 1.807) is 18.5 Å². The molecule has 39 heavy (non-hydrogen) atoms. The number of nitrogens with zero attached hydrogens (tertiary/aromatic N) is 6. The summed E-state index contributed by atoms with van der Waals surface area (Å²) in [6.45, 7) is 4.67. The van der Waals surface area contributed by atoms with Crippen molar-refractivity contribution in [1.82, 2.24) is 25.2 Å². The Morgan fingerprint density at radius 1 is 0.897 bits per heavy atom. The Kier molecular flexibility index (Phi) is 7.29. The van der Waals surface area contributed by atoms with E-state index in [0.29, 0.717) is 11.5 Å². The van der Waals surface area contributed by atoms with Gasteiger partial charge in [-0.2, -0.15) is 0 Å². The van der Waals surface area contributed by atoms with Crippen LogP contribution >= 0.6 is 0 Å². The Bertz CT molecular complexity index is 1300. The molecule has 1 amide bonds. The first-order valence-corrected chi connectivity index (χ1v) is 14.1. The molecule has 0 radical (unpaired) electrons. The van der Waals surface area contributed by atoms with Crippen molar-refractivity contribution in [3.63, 3.8) is 0 Å². The summed E-state index contributed by atoms with van der Waals surface area (Å²) in [4.78, 5) is 33.9. The van der Waals surface area contributed by atoms with E-state index in [-0.39, 0.29) is 44.4 Å². The number of benzene rings is 1. The van der Waals surface area contributed by atoms with Gasteiger partial charge in [0.05, 0.1) is 11.6 Å². The summed E-state index contributed by atoms with van der Waals surface area (Å²) >= 11 is 0. The number of fused-ring (bicyclic) bond motifs is 1. The number of nitrogens with one attached hydrogen (secondary N) is 1. The van der Waals surface area contributed by atoms with Crippen molar-refractivity contribution in [2.45, 2.75) is 50.5 Å². The van der Waals surface area contributed by atoms with Crippen molar-refractivity contribution in [2.24, 2.45) is 0 Å². The van der Waals surface area contributed by atoms with Crippen LogP contribution in [0.3, 0.4) is 0 Å². The molecule has 2 aromatic heterocycles. The van der Waals surface area contributed by atoms with Gasteiger partial charge in [0.25, 0.3) is 11.8 Å². The van der Waals surface area contributed by atoms with Crippen LogP contribution in [0.15, 0.2) is 42.7 Å². The molecule has 206 valence electrons. The fraction of sp³-hybridized carbons (Fsp3) is 0.517. The molecule has 5 heterocycles. The van der Waals surface area contributed by atoms with E-state index < -0.39 is 5.92 Å². The number of aromatic nitrogens is 3. The molecular formula is C29H35F2N7O. The zero-order valence-corrected chi connectivity index (χ0v) is 22.2. The number of amides is 1. The molecule has 3 aliphatic rings. The Morgan fingerprint density at radius 2 is 1.56 bits per heavy atom. The summed E-state index contributed by atoms with van der Waals surface area (Å²) in [7, 11) is 0. The lowest BCUT2D eigenvalue weighted by molar-refractivity contribution is -0.0632. The van der Waals surface area contributed by atoms with E-state index >= 15 is 0 Å². The number of hydrogen-bond donors (Lipinski definition) is 1. The van der Waals surface area contributed by atoms with Crippen LogP contribution in [0, 0.1) is 0 Å². The molecule has 0 bridgehead atoms. The normalized spacial score (nSPS) is 20.5. The molecule has 3 saturated heterocycles. The molecule has 1 unspecified atom stereocenters. The van der Waals surface area contributed by atoms with Gasteiger partial charge in [0.1, 0.15) is 5.82 Å². The molecule has 1 aromatic carbocycles. The van der Waals surface area contributed by atoms with Crippen LogP contribution in [0.1, 0.15) is 60.5 Å². The lowest BCUT2D eigenvalue weighted by Gasteiger charge is -2.37. The predicted octanol–water partition coefficient (Wildman–Crippen LogP) is 4.43. The molecule has 3 aromatic rings. The van der Waals surface area contributed by atoms with Gasteiger partial charge in [-0.25, -0.2) is 23.7 Å². The highest BCUT2D eigenvalue weighted by Gasteiger charge is 2.37. The lowest BCUT2D eigenvalue weighted by atomic mass is 10.0. The second-order valence-electron chi connectivity index (χ2n) is 10.9. The highest BCUT2D eigenvalue weighted by atomic mass is 19.3. The van der Waals surface area contributed by atoms with Crippen molar-refractivity contribution in [3.8, 4) is 0 Å². The zero-order valence-electron chi connectivity index (χ0n) is 22.2. The first-order chi connectivity index (χ1) is 19.0. The lowest BCUT2D eigenvalue weighted by Crippen LogP contribution is -2.45. The van der Waals surface area contributed by atoms with Gasteiger partial charge in [0.15, 0.2) is 0 Å². The van der Waals surface area contributed by atoms with Gasteiger partial charge in [0.2, 0.25) is 5.95 Å². The molecule has 8 nitrogen and oxygen atoms in total. The second-order valence-corrected chi connectivity index (χ2v) is 10.9. The number of pyridine rings is 1. The van der Waals surface area contributed by atoms with E-state index in [2.05, 4.69) is 25.1 Å². The second kappa shape index (κ2) is 11.0. The van der Waals surface area contributed by atoms with E-state index in [1.165, 1.54) is 12.8 Å². The summed E-state index contributed by atoms with van der Waals surface area (Å²) in [6, 6.07) is 9.25. The number of hydrogen-bond acceptors (Lipinski definition) is 7. The minimum absolute atomic E-state index is 0.196. The van der Waals surface area contributed by atoms with Gasteiger partial charge in [-0.3, -0.25) is 9.69 Å². The highest BCUT2D eigenvalue weighted by Crippen LogP contribution is 2.32. The van der Waals surface area contributed by atoms with Crippen molar-refractivity contribution < 1.29 is 13.6 Å². The van der Waals surface area contributed by atoms with E-state index in [4.69, 9.17) is 4.98 Å². The molecular weight excluding hydrogens is 500 g/mol. The van der Waals surface area contributed by atoms with Crippen LogP contribution in [-0.4, -0.2) is 77.5 Å². The molecule has 0 aliphatic carbocycles. The number of carbonyl (C=O) groups is 1. The van der Waals surface area contributed by atoms with Crippen LogP contribution in [0.25, 0.3) is 10.9 Å². The van der Waals surface area contributed by atoms with Crippen molar-refractivity contribution in [1.29, 1.82) is 0 Å². The molecule has 1 atom stereocenters. The van der Waals surface area contributed by atoms with E-state index in [0.717, 1.165) is 61.3 Å². The van der Waals surface area contributed by atoms with Crippen molar-refractivity contribution in [2.75, 3.05) is 55.6 Å². The first kappa shape index (κ1) is 25.9. The number of alkyl halides is 2. The predicted molar refractivity (Wildman–Crippen MR) is 147 cm³/mol. The fourth-order valence-electron chi connectivity index (χ4n) is 5.95. The average molecular weight is 536 g/mol. The fourth-order valence-corrected chi connectivity index (χ4v) is 5.95. The summed E-state index contributed by atoms with van der Waals surface area (Å²) in [5, 5.41) is 3.87. The Morgan fingerprint density at radius 3 is 2.26 bits per heavy atom. The molecule has 3 fully saturated rings. The van der Waals surface area contributed by atoms with Crippen molar-refractivity contribution >= 4 is 28.6 Å². The molecule has 0 saturated carbocycles. The smallest absolute Gasteiger partial charge is 0.252 e. The SMILES string of the molecule is O=C(NCC(c1cnc(N2CCCC2)nc1)N1CCC(F)(F)CC1)c1cccc2nc(N3CCCC3)ccc12. The topological polar surface area (TPSA) is 77.5 Å². The van der Waals surface area contributed by atoms with Crippen LogP contribution in [0.4, 0.5) is 20.5 Å². The average Bonchev–Trinajstić information content (AvgIpc) is 3.69. The molecule has 10 heteroatoms. The number of piperidine rings is 1. The quantitative estimate of drug-likeness (QED) is 0.480. The van der Waals surface area contributed by atoms with E-state index in [1.807, 2.05) is 29.2 Å².